The summed E-state index contributed by atoms with van der Waals surface area (Å²) in [7, 11) is 0. The predicted octanol–water partition coefficient (Wildman–Crippen LogP) is 2.77. The van der Waals surface area contributed by atoms with E-state index in [4.69, 9.17) is 29.2 Å². The molecule has 1 heterocycles. The lowest BCUT2D eigenvalue weighted by atomic mass is 9.89. The molecule has 0 aromatic heterocycles. The van der Waals surface area contributed by atoms with Crippen molar-refractivity contribution < 1.29 is 38.7 Å². The van der Waals surface area contributed by atoms with Gasteiger partial charge in [-0.3, -0.25) is 9.59 Å². The van der Waals surface area contributed by atoms with Gasteiger partial charge in [0.2, 0.25) is 0 Å². The zero-order valence-corrected chi connectivity index (χ0v) is 20.2. The normalized spacial score (nSPS) is 18.1. The fourth-order valence-corrected chi connectivity index (χ4v) is 2.16. The maximum atomic E-state index is 12.1. The van der Waals surface area contributed by atoms with Crippen molar-refractivity contribution in [3.8, 4) is 0 Å². The van der Waals surface area contributed by atoms with Crippen molar-refractivity contribution in [2.45, 2.75) is 72.4 Å². The van der Waals surface area contributed by atoms with Gasteiger partial charge in [-0.2, -0.15) is 0 Å². The standard InChI is InChI=1S/C13H22O4.C10H18O4/c1-7-13(10(14)17-11(2,3)4)8-15-12(5,6)16-9-13;1-5-10(6-11,7-12)8(13)14-9(2,3)4/h7H,1,8-9H2,2-6H3;5,11-12H,1,6-7H2,2-4H3. The van der Waals surface area contributed by atoms with Crippen molar-refractivity contribution in [1.82, 2.24) is 0 Å². The van der Waals surface area contributed by atoms with Crippen LogP contribution in [-0.2, 0) is 28.5 Å². The Bertz CT molecular complexity index is 623. The van der Waals surface area contributed by atoms with Gasteiger partial charge in [-0.1, -0.05) is 12.2 Å². The molecule has 0 aliphatic carbocycles. The Morgan fingerprint density at radius 3 is 1.65 bits per heavy atom. The van der Waals surface area contributed by atoms with Crippen molar-refractivity contribution in [1.29, 1.82) is 0 Å². The molecule has 0 unspecified atom stereocenters. The lowest BCUT2D eigenvalue weighted by Gasteiger charge is -2.41. The van der Waals surface area contributed by atoms with Crippen molar-refractivity contribution in [3.05, 3.63) is 25.3 Å². The minimum atomic E-state index is -1.40. The molecule has 0 atom stereocenters. The minimum Gasteiger partial charge on any atom is -0.459 e. The molecule has 0 aromatic rings. The highest BCUT2D eigenvalue weighted by atomic mass is 16.7. The Balaban J connectivity index is 0.000000594. The van der Waals surface area contributed by atoms with Gasteiger partial charge in [-0.05, 0) is 55.4 Å². The van der Waals surface area contributed by atoms with Crippen LogP contribution in [0.1, 0.15) is 55.4 Å². The molecule has 0 spiro atoms. The van der Waals surface area contributed by atoms with Crippen LogP contribution in [0.15, 0.2) is 25.3 Å². The van der Waals surface area contributed by atoms with E-state index in [0.717, 1.165) is 0 Å². The van der Waals surface area contributed by atoms with E-state index < -0.39 is 47.0 Å². The summed E-state index contributed by atoms with van der Waals surface area (Å²) in [5.74, 6) is -1.67. The number of carbonyl (C=O) groups is 2. The van der Waals surface area contributed by atoms with Crippen LogP contribution in [0.4, 0.5) is 0 Å². The summed E-state index contributed by atoms with van der Waals surface area (Å²) in [6.07, 6.45) is 2.76. The zero-order valence-electron chi connectivity index (χ0n) is 20.2. The number of esters is 2. The lowest BCUT2D eigenvalue weighted by molar-refractivity contribution is -0.277. The highest BCUT2D eigenvalue weighted by Crippen LogP contribution is 2.33. The second-order valence-corrected chi connectivity index (χ2v) is 10.0. The molecule has 31 heavy (non-hydrogen) atoms. The Morgan fingerprint density at radius 2 is 1.35 bits per heavy atom. The first-order chi connectivity index (χ1) is 13.9. The molecule has 2 N–H and O–H groups in total. The molecule has 8 nitrogen and oxygen atoms in total. The van der Waals surface area contributed by atoms with E-state index in [9.17, 15) is 9.59 Å². The maximum absolute atomic E-state index is 12.1. The summed E-state index contributed by atoms with van der Waals surface area (Å²) < 4.78 is 21.4. The van der Waals surface area contributed by atoms with Crippen molar-refractivity contribution in [2.75, 3.05) is 26.4 Å². The van der Waals surface area contributed by atoms with E-state index in [0.29, 0.717) is 0 Å². The van der Waals surface area contributed by atoms with Gasteiger partial charge in [-0.25, -0.2) is 0 Å². The molecule has 0 radical (unpaired) electrons. The molecule has 1 fully saturated rings. The first kappa shape index (κ1) is 29.3. The molecule has 180 valence electrons. The summed E-state index contributed by atoms with van der Waals surface area (Å²) >= 11 is 0. The van der Waals surface area contributed by atoms with E-state index in [1.54, 1.807) is 26.8 Å². The Hall–Kier alpha value is -1.74. The Labute approximate surface area is 186 Å². The molecule has 1 rings (SSSR count). The van der Waals surface area contributed by atoms with Crippen LogP contribution in [0.25, 0.3) is 0 Å². The third kappa shape index (κ3) is 9.11. The van der Waals surface area contributed by atoms with Crippen LogP contribution < -0.4 is 0 Å². The predicted molar refractivity (Wildman–Crippen MR) is 117 cm³/mol. The van der Waals surface area contributed by atoms with Gasteiger partial charge in [0, 0.05) is 0 Å². The molecular formula is C23H40O8. The van der Waals surface area contributed by atoms with Crippen LogP contribution in [-0.4, -0.2) is 65.6 Å². The topological polar surface area (TPSA) is 112 Å². The second-order valence-electron chi connectivity index (χ2n) is 10.0. The largest absolute Gasteiger partial charge is 0.459 e. The molecule has 0 amide bonds. The number of rotatable bonds is 6. The van der Waals surface area contributed by atoms with Crippen molar-refractivity contribution in [2.24, 2.45) is 10.8 Å². The molecule has 8 heteroatoms. The quantitative estimate of drug-likeness (QED) is 0.475. The Morgan fingerprint density at radius 1 is 0.935 bits per heavy atom. The summed E-state index contributed by atoms with van der Waals surface area (Å²) in [5.41, 5.74) is -3.47. The third-order valence-electron chi connectivity index (χ3n) is 4.31. The minimum absolute atomic E-state index is 0.235. The van der Waals surface area contributed by atoms with Gasteiger partial charge in [0.05, 0.1) is 26.4 Å². The maximum Gasteiger partial charge on any atom is 0.321 e. The Kier molecular flexibility index (Phi) is 10.1. The number of hydrogen-bond donors (Lipinski definition) is 2. The number of aliphatic hydroxyl groups is 2. The van der Waals surface area contributed by atoms with E-state index in [-0.39, 0.29) is 19.2 Å². The fraction of sp³-hybridized carbons (Fsp3) is 0.739. The molecule has 0 saturated carbocycles. The average Bonchev–Trinajstić information content (AvgIpc) is 2.62. The number of hydrogen-bond acceptors (Lipinski definition) is 8. The van der Waals surface area contributed by atoms with Crippen LogP contribution in [0.2, 0.25) is 0 Å². The van der Waals surface area contributed by atoms with Gasteiger partial charge >= 0.3 is 11.9 Å². The number of aliphatic hydroxyl groups excluding tert-OH is 2. The van der Waals surface area contributed by atoms with E-state index in [1.165, 1.54) is 6.08 Å². The molecule has 0 bridgehead atoms. The first-order valence-electron chi connectivity index (χ1n) is 10.2. The first-order valence-corrected chi connectivity index (χ1v) is 10.2. The highest BCUT2D eigenvalue weighted by molar-refractivity contribution is 5.80. The molecular weight excluding hydrogens is 404 g/mol. The molecule has 0 aromatic carbocycles. The SMILES string of the molecule is C=CC(CO)(CO)C(=O)OC(C)(C)C.C=CC1(C(=O)OC(C)(C)C)COC(C)(C)OC1. The van der Waals surface area contributed by atoms with Gasteiger partial charge in [-0.15, -0.1) is 13.2 Å². The van der Waals surface area contributed by atoms with Gasteiger partial charge < -0.3 is 29.2 Å². The molecule has 1 saturated heterocycles. The highest BCUT2D eigenvalue weighted by Gasteiger charge is 2.46. The zero-order chi connectivity index (χ0) is 24.7. The van der Waals surface area contributed by atoms with Crippen LogP contribution >= 0.6 is 0 Å². The average molecular weight is 445 g/mol. The summed E-state index contributed by atoms with van der Waals surface area (Å²) in [5, 5.41) is 18.0. The van der Waals surface area contributed by atoms with E-state index in [1.807, 2.05) is 34.6 Å². The molecule has 1 aliphatic rings. The summed E-state index contributed by atoms with van der Waals surface area (Å²) in [6.45, 7) is 20.8. The fourth-order valence-electron chi connectivity index (χ4n) is 2.16. The molecule has 1 aliphatic heterocycles. The monoisotopic (exact) mass is 444 g/mol. The lowest BCUT2D eigenvalue weighted by Crippen LogP contribution is -2.51. The number of carbonyl (C=O) groups excluding carboxylic acids is 2. The van der Waals surface area contributed by atoms with E-state index >= 15 is 0 Å². The van der Waals surface area contributed by atoms with Gasteiger partial charge in [0.1, 0.15) is 22.0 Å². The van der Waals surface area contributed by atoms with Crippen LogP contribution in [0.3, 0.4) is 0 Å². The third-order valence-corrected chi connectivity index (χ3v) is 4.31. The van der Waals surface area contributed by atoms with Gasteiger partial charge in [0.25, 0.3) is 0 Å². The summed E-state index contributed by atoms with van der Waals surface area (Å²) in [4.78, 5) is 23.7. The van der Waals surface area contributed by atoms with Crippen molar-refractivity contribution >= 4 is 11.9 Å². The smallest absolute Gasteiger partial charge is 0.321 e. The van der Waals surface area contributed by atoms with Crippen LogP contribution in [0.5, 0.6) is 0 Å². The van der Waals surface area contributed by atoms with Crippen molar-refractivity contribution in [3.63, 3.8) is 0 Å². The second kappa shape index (κ2) is 10.7. The van der Waals surface area contributed by atoms with Crippen LogP contribution in [0, 0.1) is 10.8 Å². The number of ether oxygens (including phenoxy) is 4. The summed E-state index contributed by atoms with van der Waals surface area (Å²) in [6, 6.07) is 0. The van der Waals surface area contributed by atoms with E-state index in [2.05, 4.69) is 13.2 Å². The van der Waals surface area contributed by atoms with Gasteiger partial charge in [0.15, 0.2) is 5.79 Å².